The van der Waals surface area contributed by atoms with Gasteiger partial charge in [0.25, 0.3) is 0 Å². The topological polar surface area (TPSA) is 15.3 Å². The van der Waals surface area contributed by atoms with Gasteiger partial charge in [0, 0.05) is 19.6 Å². The predicted octanol–water partition coefficient (Wildman–Crippen LogP) is 1.11. The number of rotatable bonds is 8. The van der Waals surface area contributed by atoms with Gasteiger partial charge in [-0.15, -0.1) is 13.0 Å². The minimum atomic E-state index is 0.754. The van der Waals surface area contributed by atoms with Crippen molar-refractivity contribution >= 4 is 0 Å². The van der Waals surface area contributed by atoms with Gasteiger partial charge in [-0.2, -0.15) is 0 Å². The summed E-state index contributed by atoms with van der Waals surface area (Å²) in [6, 6.07) is 0. The summed E-state index contributed by atoms with van der Waals surface area (Å²) in [5.41, 5.74) is 0. The zero-order valence-electron chi connectivity index (χ0n) is 8.55. The summed E-state index contributed by atoms with van der Waals surface area (Å²) in [5, 5.41) is 3.25. The second-order valence-electron chi connectivity index (χ2n) is 2.97. The zero-order valence-corrected chi connectivity index (χ0v) is 8.55. The van der Waals surface area contributed by atoms with E-state index in [1.807, 2.05) is 6.08 Å². The van der Waals surface area contributed by atoms with Crippen LogP contribution < -0.4 is 5.32 Å². The normalized spacial score (nSPS) is 9.92. The van der Waals surface area contributed by atoms with Crippen LogP contribution in [0.2, 0.25) is 0 Å². The van der Waals surface area contributed by atoms with Crippen molar-refractivity contribution in [1.29, 1.82) is 0 Å². The molecule has 2 heteroatoms. The standard InChI is InChI=1S/C11H20N2/c1-4-7-12-8-11-13(9-5-2)10-6-3/h2,4,12H,1,6-11H2,3H3. The molecule has 0 saturated heterocycles. The summed E-state index contributed by atoms with van der Waals surface area (Å²) in [6.45, 7) is 10.5. The molecular weight excluding hydrogens is 160 g/mol. The van der Waals surface area contributed by atoms with E-state index in [1.54, 1.807) is 0 Å². The fourth-order valence-electron chi connectivity index (χ4n) is 1.16. The third-order valence-electron chi connectivity index (χ3n) is 1.75. The minimum Gasteiger partial charge on any atom is -0.312 e. The Bertz CT molecular complexity index is 158. The van der Waals surface area contributed by atoms with Gasteiger partial charge in [-0.3, -0.25) is 4.90 Å². The van der Waals surface area contributed by atoms with E-state index in [0.717, 1.165) is 39.1 Å². The molecule has 0 saturated carbocycles. The van der Waals surface area contributed by atoms with Gasteiger partial charge in [0.2, 0.25) is 0 Å². The molecule has 0 unspecified atom stereocenters. The smallest absolute Gasteiger partial charge is 0.0599 e. The summed E-state index contributed by atoms with van der Waals surface area (Å²) in [5.74, 6) is 2.67. The van der Waals surface area contributed by atoms with Crippen LogP contribution in [0.3, 0.4) is 0 Å². The summed E-state index contributed by atoms with van der Waals surface area (Å²) in [7, 11) is 0. The molecule has 0 aromatic heterocycles. The highest BCUT2D eigenvalue weighted by atomic mass is 15.1. The molecule has 0 bridgehead atoms. The Labute approximate surface area is 82.0 Å². The van der Waals surface area contributed by atoms with Crippen LogP contribution in [-0.4, -0.2) is 37.6 Å². The van der Waals surface area contributed by atoms with Crippen LogP contribution in [0.15, 0.2) is 12.7 Å². The highest BCUT2D eigenvalue weighted by Gasteiger charge is 1.99. The SMILES string of the molecule is C#CCN(CCC)CCNCC=C. The van der Waals surface area contributed by atoms with E-state index in [9.17, 15) is 0 Å². The van der Waals surface area contributed by atoms with E-state index < -0.39 is 0 Å². The molecule has 13 heavy (non-hydrogen) atoms. The van der Waals surface area contributed by atoms with Gasteiger partial charge >= 0.3 is 0 Å². The Kier molecular flexibility index (Phi) is 8.75. The third-order valence-corrected chi connectivity index (χ3v) is 1.75. The number of nitrogens with zero attached hydrogens (tertiary/aromatic N) is 1. The van der Waals surface area contributed by atoms with Gasteiger partial charge in [0.1, 0.15) is 0 Å². The molecule has 0 aliphatic rings. The maximum atomic E-state index is 5.26. The van der Waals surface area contributed by atoms with Crippen LogP contribution in [0.4, 0.5) is 0 Å². The van der Waals surface area contributed by atoms with Crippen LogP contribution in [0.5, 0.6) is 0 Å². The van der Waals surface area contributed by atoms with E-state index in [1.165, 1.54) is 0 Å². The first-order valence-corrected chi connectivity index (χ1v) is 4.82. The van der Waals surface area contributed by atoms with Crippen molar-refractivity contribution in [3.8, 4) is 12.3 Å². The molecule has 0 fully saturated rings. The van der Waals surface area contributed by atoms with Crippen LogP contribution in [-0.2, 0) is 0 Å². The molecule has 0 heterocycles. The summed E-state index contributed by atoms with van der Waals surface area (Å²) < 4.78 is 0. The molecule has 0 aromatic carbocycles. The van der Waals surface area contributed by atoms with Gasteiger partial charge < -0.3 is 5.32 Å². The lowest BCUT2D eigenvalue weighted by Crippen LogP contribution is -2.33. The lowest BCUT2D eigenvalue weighted by Gasteiger charge is -2.18. The van der Waals surface area contributed by atoms with Gasteiger partial charge in [-0.25, -0.2) is 0 Å². The lowest BCUT2D eigenvalue weighted by atomic mass is 10.4. The predicted molar refractivity (Wildman–Crippen MR) is 58.6 cm³/mol. The molecule has 0 amide bonds. The molecule has 0 aliphatic carbocycles. The van der Waals surface area contributed by atoms with E-state index in [0.29, 0.717) is 0 Å². The van der Waals surface area contributed by atoms with Crippen molar-refractivity contribution in [1.82, 2.24) is 10.2 Å². The van der Waals surface area contributed by atoms with Crippen molar-refractivity contribution in [2.45, 2.75) is 13.3 Å². The van der Waals surface area contributed by atoms with E-state index in [-0.39, 0.29) is 0 Å². The molecule has 0 spiro atoms. The number of terminal acetylenes is 1. The molecule has 2 nitrogen and oxygen atoms in total. The van der Waals surface area contributed by atoms with Gasteiger partial charge in [0.15, 0.2) is 0 Å². The highest BCUT2D eigenvalue weighted by molar-refractivity contribution is 4.88. The monoisotopic (exact) mass is 180 g/mol. The average Bonchev–Trinajstić information content (AvgIpc) is 2.13. The highest BCUT2D eigenvalue weighted by Crippen LogP contribution is 1.88. The van der Waals surface area contributed by atoms with Crippen molar-refractivity contribution in [2.75, 3.05) is 32.7 Å². The van der Waals surface area contributed by atoms with Crippen LogP contribution in [0.25, 0.3) is 0 Å². The third kappa shape index (κ3) is 7.58. The van der Waals surface area contributed by atoms with Gasteiger partial charge in [0.05, 0.1) is 6.54 Å². The van der Waals surface area contributed by atoms with Crippen molar-refractivity contribution < 1.29 is 0 Å². The van der Waals surface area contributed by atoms with Crippen LogP contribution in [0.1, 0.15) is 13.3 Å². The first-order valence-electron chi connectivity index (χ1n) is 4.82. The first-order chi connectivity index (χ1) is 6.35. The van der Waals surface area contributed by atoms with Crippen LogP contribution >= 0.6 is 0 Å². The molecule has 1 N–H and O–H groups in total. The summed E-state index contributed by atoms with van der Waals surface area (Å²) in [6.07, 6.45) is 8.28. The molecule has 0 radical (unpaired) electrons. The van der Waals surface area contributed by atoms with Crippen molar-refractivity contribution in [3.05, 3.63) is 12.7 Å². The fraction of sp³-hybridized carbons (Fsp3) is 0.636. The summed E-state index contributed by atoms with van der Waals surface area (Å²) >= 11 is 0. The van der Waals surface area contributed by atoms with Gasteiger partial charge in [-0.1, -0.05) is 18.9 Å². The Morgan fingerprint density at radius 1 is 1.54 bits per heavy atom. The van der Waals surface area contributed by atoms with Crippen molar-refractivity contribution in [3.63, 3.8) is 0 Å². The maximum absolute atomic E-state index is 5.26. The Hall–Kier alpha value is -0.780. The molecule has 0 rings (SSSR count). The molecule has 0 aliphatic heterocycles. The minimum absolute atomic E-state index is 0.754. The summed E-state index contributed by atoms with van der Waals surface area (Å²) in [4.78, 5) is 2.27. The molecule has 0 atom stereocenters. The Morgan fingerprint density at radius 2 is 2.31 bits per heavy atom. The quantitative estimate of drug-likeness (QED) is 0.342. The van der Waals surface area contributed by atoms with Gasteiger partial charge in [-0.05, 0) is 13.0 Å². The molecule has 0 aromatic rings. The lowest BCUT2D eigenvalue weighted by molar-refractivity contribution is 0.308. The average molecular weight is 180 g/mol. The second kappa shape index (κ2) is 9.31. The second-order valence-corrected chi connectivity index (χ2v) is 2.97. The zero-order chi connectivity index (χ0) is 9.94. The number of nitrogens with one attached hydrogen (secondary N) is 1. The number of hydrogen-bond acceptors (Lipinski definition) is 2. The molecular formula is C11H20N2. The first kappa shape index (κ1) is 12.2. The van der Waals surface area contributed by atoms with Crippen molar-refractivity contribution in [2.24, 2.45) is 0 Å². The molecule has 74 valence electrons. The fourth-order valence-corrected chi connectivity index (χ4v) is 1.16. The largest absolute Gasteiger partial charge is 0.312 e. The van der Waals surface area contributed by atoms with E-state index >= 15 is 0 Å². The number of hydrogen-bond donors (Lipinski definition) is 1. The van der Waals surface area contributed by atoms with Crippen LogP contribution in [0, 0.1) is 12.3 Å². The Balaban J connectivity index is 3.45. The maximum Gasteiger partial charge on any atom is 0.0599 e. The van der Waals surface area contributed by atoms with E-state index in [4.69, 9.17) is 6.42 Å². The Morgan fingerprint density at radius 3 is 2.85 bits per heavy atom. The van der Waals surface area contributed by atoms with E-state index in [2.05, 4.69) is 29.6 Å².